The van der Waals surface area contributed by atoms with Crippen LogP contribution in [0.1, 0.15) is 24.3 Å². The summed E-state index contributed by atoms with van der Waals surface area (Å²) in [6.07, 6.45) is 3.38. The van der Waals surface area contributed by atoms with Crippen LogP contribution >= 0.6 is 11.8 Å². The molecule has 0 aromatic carbocycles. The van der Waals surface area contributed by atoms with Crippen molar-refractivity contribution in [3.63, 3.8) is 0 Å². The Balaban J connectivity index is 2.38. The van der Waals surface area contributed by atoms with Gasteiger partial charge in [-0.25, -0.2) is 14.5 Å². The molecule has 7 nitrogen and oxygen atoms in total. The maximum absolute atomic E-state index is 12.0. The summed E-state index contributed by atoms with van der Waals surface area (Å²) in [6, 6.07) is 0. The van der Waals surface area contributed by atoms with Crippen LogP contribution < -0.4 is 0 Å². The van der Waals surface area contributed by atoms with Crippen LogP contribution in [0.25, 0.3) is 11.4 Å². The predicted octanol–water partition coefficient (Wildman–Crippen LogP) is 1.61. The van der Waals surface area contributed by atoms with Crippen molar-refractivity contribution in [3.05, 3.63) is 18.2 Å². The highest BCUT2D eigenvalue weighted by atomic mass is 32.2. The maximum Gasteiger partial charge on any atom is 0.361 e. The lowest BCUT2D eigenvalue weighted by Crippen LogP contribution is -2.10. The van der Waals surface area contributed by atoms with Crippen molar-refractivity contribution in [2.45, 2.75) is 20.4 Å². The Bertz CT molecular complexity index is 607. The Hall–Kier alpha value is -1.83. The van der Waals surface area contributed by atoms with E-state index in [1.54, 1.807) is 24.1 Å². The summed E-state index contributed by atoms with van der Waals surface area (Å²) in [5, 5.41) is 8.10. The fraction of sp³-hybridized carbons (Fsp3) is 0.538. The van der Waals surface area contributed by atoms with E-state index in [2.05, 4.69) is 22.2 Å². The second-order valence-corrected chi connectivity index (χ2v) is 5.71. The number of aromatic nitrogens is 5. The van der Waals surface area contributed by atoms with E-state index >= 15 is 0 Å². The minimum absolute atomic E-state index is 0.238. The molecule has 0 amide bonds. The van der Waals surface area contributed by atoms with Gasteiger partial charge in [-0.1, -0.05) is 12.1 Å². The van der Waals surface area contributed by atoms with E-state index in [-0.39, 0.29) is 5.69 Å². The Morgan fingerprint density at radius 1 is 1.43 bits per heavy atom. The van der Waals surface area contributed by atoms with E-state index in [9.17, 15) is 4.79 Å². The summed E-state index contributed by atoms with van der Waals surface area (Å²) in [4.78, 5) is 16.1. The van der Waals surface area contributed by atoms with Gasteiger partial charge in [0.25, 0.3) is 0 Å². The average Bonchev–Trinajstić information content (AvgIpc) is 3.05. The van der Waals surface area contributed by atoms with E-state index in [0.29, 0.717) is 18.8 Å². The number of rotatable bonds is 7. The molecular formula is C13H19N5O2S. The van der Waals surface area contributed by atoms with Crippen LogP contribution in [0.15, 0.2) is 12.5 Å². The number of aryl methyl sites for hydroxylation is 2. The van der Waals surface area contributed by atoms with Crippen molar-refractivity contribution in [3.8, 4) is 11.4 Å². The first-order chi connectivity index (χ1) is 10.2. The topological polar surface area (TPSA) is 74.8 Å². The quantitative estimate of drug-likeness (QED) is 0.571. The summed E-state index contributed by atoms with van der Waals surface area (Å²) >= 11 is 1.81. The van der Waals surface area contributed by atoms with Gasteiger partial charge in [0.15, 0.2) is 5.69 Å². The SMILES string of the molecule is CCOC(=O)c1nnn(CCSCC)c1-c1cncn1C. The molecule has 0 saturated heterocycles. The lowest BCUT2D eigenvalue weighted by atomic mass is 10.2. The van der Waals surface area contributed by atoms with Gasteiger partial charge in [0.1, 0.15) is 5.69 Å². The number of hydrogen-bond acceptors (Lipinski definition) is 6. The summed E-state index contributed by atoms with van der Waals surface area (Å²) in [5.74, 6) is 1.50. The van der Waals surface area contributed by atoms with Gasteiger partial charge in [-0.2, -0.15) is 11.8 Å². The third-order valence-corrected chi connectivity index (χ3v) is 3.79. The Morgan fingerprint density at radius 2 is 2.24 bits per heavy atom. The van der Waals surface area contributed by atoms with Crippen LogP contribution in [0.4, 0.5) is 0 Å². The number of nitrogens with zero attached hydrogens (tertiary/aromatic N) is 5. The molecule has 114 valence electrons. The van der Waals surface area contributed by atoms with Crippen molar-refractivity contribution >= 4 is 17.7 Å². The molecule has 0 spiro atoms. The van der Waals surface area contributed by atoms with E-state index in [4.69, 9.17) is 4.74 Å². The second kappa shape index (κ2) is 7.26. The smallest absolute Gasteiger partial charge is 0.361 e. The summed E-state index contributed by atoms with van der Waals surface area (Å²) < 4.78 is 8.64. The van der Waals surface area contributed by atoms with Gasteiger partial charge >= 0.3 is 5.97 Å². The van der Waals surface area contributed by atoms with Gasteiger partial charge in [-0.3, -0.25) is 0 Å². The van der Waals surface area contributed by atoms with Crippen molar-refractivity contribution in [1.29, 1.82) is 0 Å². The molecule has 0 aliphatic carbocycles. The lowest BCUT2D eigenvalue weighted by Gasteiger charge is -2.08. The molecule has 8 heteroatoms. The van der Waals surface area contributed by atoms with Gasteiger partial charge < -0.3 is 9.30 Å². The number of ether oxygens (including phenoxy) is 1. The molecule has 2 heterocycles. The first-order valence-electron chi connectivity index (χ1n) is 6.84. The number of esters is 1. The average molecular weight is 309 g/mol. The van der Waals surface area contributed by atoms with Crippen LogP contribution in [0.2, 0.25) is 0 Å². The monoisotopic (exact) mass is 309 g/mol. The minimum Gasteiger partial charge on any atom is -0.461 e. The zero-order chi connectivity index (χ0) is 15.2. The van der Waals surface area contributed by atoms with Crippen LogP contribution in [0.3, 0.4) is 0 Å². The predicted molar refractivity (Wildman–Crippen MR) is 81.2 cm³/mol. The Labute approximate surface area is 127 Å². The van der Waals surface area contributed by atoms with Crippen LogP contribution in [-0.4, -0.2) is 48.6 Å². The fourth-order valence-electron chi connectivity index (χ4n) is 1.94. The third-order valence-electron chi connectivity index (χ3n) is 2.91. The third kappa shape index (κ3) is 3.44. The summed E-state index contributed by atoms with van der Waals surface area (Å²) in [6.45, 7) is 4.87. The Kier molecular flexibility index (Phi) is 5.38. The van der Waals surface area contributed by atoms with E-state index < -0.39 is 5.97 Å². The molecule has 2 aromatic rings. The fourth-order valence-corrected chi connectivity index (χ4v) is 2.53. The molecule has 0 aliphatic heterocycles. The largest absolute Gasteiger partial charge is 0.461 e. The zero-order valence-corrected chi connectivity index (χ0v) is 13.3. The highest BCUT2D eigenvalue weighted by molar-refractivity contribution is 7.99. The minimum atomic E-state index is -0.455. The van der Waals surface area contributed by atoms with Crippen LogP contribution in [0, 0.1) is 0 Å². The highest BCUT2D eigenvalue weighted by Gasteiger charge is 2.23. The van der Waals surface area contributed by atoms with Crippen molar-refractivity contribution in [2.24, 2.45) is 7.05 Å². The van der Waals surface area contributed by atoms with Crippen LogP contribution in [0.5, 0.6) is 0 Å². The van der Waals surface area contributed by atoms with Crippen molar-refractivity contribution in [1.82, 2.24) is 24.5 Å². The van der Waals surface area contributed by atoms with Crippen molar-refractivity contribution < 1.29 is 9.53 Å². The molecule has 0 atom stereocenters. The van der Waals surface area contributed by atoms with Gasteiger partial charge in [0.2, 0.25) is 0 Å². The Morgan fingerprint density at radius 3 is 2.86 bits per heavy atom. The highest BCUT2D eigenvalue weighted by Crippen LogP contribution is 2.22. The molecule has 0 bridgehead atoms. The molecule has 0 fully saturated rings. The number of thioether (sulfide) groups is 1. The first-order valence-corrected chi connectivity index (χ1v) is 7.99. The molecule has 0 unspecified atom stereocenters. The molecule has 0 saturated carbocycles. The molecule has 0 radical (unpaired) electrons. The summed E-state index contributed by atoms with van der Waals surface area (Å²) in [5.41, 5.74) is 1.69. The number of carbonyl (C=O) groups is 1. The molecule has 21 heavy (non-hydrogen) atoms. The number of imidazole rings is 1. The second-order valence-electron chi connectivity index (χ2n) is 4.32. The van der Waals surface area contributed by atoms with Gasteiger partial charge in [-0.15, -0.1) is 5.10 Å². The van der Waals surface area contributed by atoms with E-state index in [1.807, 2.05) is 23.4 Å². The van der Waals surface area contributed by atoms with Crippen LogP contribution in [-0.2, 0) is 18.3 Å². The first kappa shape index (κ1) is 15.6. The zero-order valence-electron chi connectivity index (χ0n) is 12.4. The maximum atomic E-state index is 12.0. The van der Waals surface area contributed by atoms with Crippen molar-refractivity contribution in [2.75, 3.05) is 18.1 Å². The molecule has 2 rings (SSSR count). The molecule has 2 aromatic heterocycles. The molecule has 0 N–H and O–H groups in total. The normalized spacial score (nSPS) is 10.8. The lowest BCUT2D eigenvalue weighted by molar-refractivity contribution is 0.0520. The number of carbonyl (C=O) groups excluding carboxylic acids is 1. The molecular weight excluding hydrogens is 290 g/mol. The van der Waals surface area contributed by atoms with E-state index in [1.165, 1.54) is 0 Å². The standard InChI is InChI=1S/C13H19N5O2S/c1-4-20-13(19)11-12(10-8-14-9-17(10)3)18(16-15-11)6-7-21-5-2/h8-9H,4-7H2,1-3H3. The van der Waals surface area contributed by atoms with Gasteiger partial charge in [0.05, 0.1) is 31.4 Å². The number of hydrogen-bond donors (Lipinski definition) is 0. The molecule has 0 aliphatic rings. The summed E-state index contributed by atoms with van der Waals surface area (Å²) in [7, 11) is 1.87. The van der Waals surface area contributed by atoms with Gasteiger partial charge in [-0.05, 0) is 12.7 Å². The van der Waals surface area contributed by atoms with Gasteiger partial charge in [0, 0.05) is 12.8 Å². The van der Waals surface area contributed by atoms with E-state index in [0.717, 1.165) is 17.2 Å².